The lowest BCUT2D eigenvalue weighted by Crippen LogP contribution is -2.46. The number of aliphatic hydroxyl groups excluding tert-OH is 3. The van der Waals surface area contributed by atoms with Crippen molar-refractivity contribution in [2.24, 2.45) is 29.1 Å². The van der Waals surface area contributed by atoms with E-state index < -0.39 is 65.5 Å². The molecule has 0 saturated heterocycles. The number of esters is 1. The Labute approximate surface area is 230 Å². The maximum Gasteiger partial charge on any atom is 0.412 e. The number of alkyl halides is 3. The van der Waals surface area contributed by atoms with Gasteiger partial charge < -0.3 is 20.1 Å². The number of ether oxygens (including phenoxy) is 1. The molecule has 0 bridgehead atoms. The lowest BCUT2D eigenvalue weighted by atomic mass is 9.72. The minimum absolute atomic E-state index is 0.164. The SMILES string of the molecule is CC(=Cc1csc(CO)n1)[C@H]1C/C=C(/C(F)(F)F)C[C@H]2C[C@H]2[C@H](C)[C@H](O)[C@@H](C)C(=O)C(C)(C)[C@@H](O)CC(=O)O1. The van der Waals surface area contributed by atoms with Crippen molar-refractivity contribution in [3.63, 3.8) is 0 Å². The Balaban J connectivity index is 1.98. The summed E-state index contributed by atoms with van der Waals surface area (Å²) >= 11 is 1.22. The molecule has 0 radical (unpaired) electrons. The molecule has 11 heteroatoms. The fourth-order valence-corrected chi connectivity index (χ4v) is 5.96. The first-order valence-corrected chi connectivity index (χ1v) is 14.0. The number of ketones is 1. The van der Waals surface area contributed by atoms with Gasteiger partial charge in [0.1, 0.15) is 16.9 Å². The first-order valence-electron chi connectivity index (χ1n) is 13.2. The molecule has 1 aromatic heterocycles. The van der Waals surface area contributed by atoms with Gasteiger partial charge in [-0.2, -0.15) is 13.2 Å². The molecule has 2 heterocycles. The molecule has 0 spiro atoms. The van der Waals surface area contributed by atoms with Crippen molar-refractivity contribution in [3.8, 4) is 0 Å². The van der Waals surface area contributed by atoms with Crippen LogP contribution in [0.2, 0.25) is 0 Å². The fourth-order valence-electron chi connectivity index (χ4n) is 5.35. The summed E-state index contributed by atoms with van der Waals surface area (Å²) in [5.41, 5.74) is -1.18. The van der Waals surface area contributed by atoms with Crippen LogP contribution in [0.5, 0.6) is 0 Å². The van der Waals surface area contributed by atoms with Crippen LogP contribution in [0, 0.1) is 29.1 Å². The Morgan fingerprint density at radius 2 is 1.90 bits per heavy atom. The number of aliphatic hydroxyl groups is 3. The molecular formula is C28H38F3NO6S. The van der Waals surface area contributed by atoms with Crippen molar-refractivity contribution in [2.75, 3.05) is 0 Å². The van der Waals surface area contributed by atoms with Gasteiger partial charge in [0.05, 0.1) is 36.3 Å². The van der Waals surface area contributed by atoms with Crippen LogP contribution in [-0.2, 0) is 20.9 Å². The van der Waals surface area contributed by atoms with Gasteiger partial charge in [0.2, 0.25) is 0 Å². The minimum Gasteiger partial charge on any atom is -0.457 e. The van der Waals surface area contributed by atoms with E-state index >= 15 is 0 Å². The summed E-state index contributed by atoms with van der Waals surface area (Å²) in [4.78, 5) is 30.4. The van der Waals surface area contributed by atoms with E-state index in [1.165, 1.54) is 25.2 Å². The Morgan fingerprint density at radius 1 is 1.23 bits per heavy atom. The number of thiazole rings is 1. The Hall–Kier alpha value is -2.08. The van der Waals surface area contributed by atoms with E-state index in [1.54, 1.807) is 32.2 Å². The number of nitrogens with zero attached hydrogens (tertiary/aromatic N) is 1. The lowest BCUT2D eigenvalue weighted by Gasteiger charge is -2.34. The number of aromatic nitrogens is 1. The molecule has 3 rings (SSSR count). The second kappa shape index (κ2) is 12.2. The topological polar surface area (TPSA) is 117 Å². The van der Waals surface area contributed by atoms with Crippen molar-refractivity contribution in [3.05, 3.63) is 33.3 Å². The summed E-state index contributed by atoms with van der Waals surface area (Å²) in [6.07, 6.45) is -6.04. The molecule has 0 unspecified atom stereocenters. The molecule has 39 heavy (non-hydrogen) atoms. The Bertz CT molecular complexity index is 1110. The average Bonchev–Trinajstić information content (AvgIpc) is 3.49. The fraction of sp³-hybridized carbons (Fsp3) is 0.679. The highest BCUT2D eigenvalue weighted by molar-refractivity contribution is 7.09. The molecule has 1 aliphatic carbocycles. The van der Waals surface area contributed by atoms with E-state index in [9.17, 15) is 38.1 Å². The maximum atomic E-state index is 14.0. The number of Topliss-reactive ketones (excluding diaryl/α,β-unsaturated/α-hetero) is 1. The third-order valence-corrected chi connectivity index (χ3v) is 9.08. The van der Waals surface area contributed by atoms with Crippen LogP contribution in [-0.4, -0.2) is 56.5 Å². The van der Waals surface area contributed by atoms with E-state index in [1.807, 2.05) is 0 Å². The number of carbonyl (C=O) groups excluding carboxylic acids is 2. The van der Waals surface area contributed by atoms with Gasteiger partial charge in [-0.25, -0.2) is 4.98 Å². The lowest BCUT2D eigenvalue weighted by molar-refractivity contribution is -0.154. The van der Waals surface area contributed by atoms with Crippen LogP contribution >= 0.6 is 11.3 Å². The van der Waals surface area contributed by atoms with Crippen molar-refractivity contribution in [1.29, 1.82) is 0 Å². The maximum absolute atomic E-state index is 14.0. The number of fused-ring (bicyclic) bond motifs is 1. The van der Waals surface area contributed by atoms with E-state index in [4.69, 9.17) is 4.74 Å². The van der Waals surface area contributed by atoms with Gasteiger partial charge in [0.25, 0.3) is 0 Å². The zero-order chi connectivity index (χ0) is 29.3. The Morgan fingerprint density at radius 3 is 2.49 bits per heavy atom. The monoisotopic (exact) mass is 573 g/mol. The largest absolute Gasteiger partial charge is 0.457 e. The molecule has 1 fully saturated rings. The number of hydrogen-bond acceptors (Lipinski definition) is 8. The molecule has 0 amide bonds. The standard InChI is InChI=1S/C28H38F3NO6S/c1-14(8-19-13-39-23(12-33)32-19)21-7-6-18(28(29,30)31)9-17-10-20(17)15(2)25(36)16(3)26(37)27(4,5)22(34)11-24(35)38-21/h6,8,13,15-17,20-22,25,33-34,36H,7,9-12H2,1-5H3/b14-8?,18-6+/t15-,16+,17-,20-,21+,22-,25-/m0/s1. The van der Waals surface area contributed by atoms with Crippen molar-refractivity contribution in [2.45, 2.75) is 91.4 Å². The third kappa shape index (κ3) is 7.56. The summed E-state index contributed by atoms with van der Waals surface area (Å²) in [6, 6.07) is 0. The van der Waals surface area contributed by atoms with Gasteiger partial charge in [0, 0.05) is 23.3 Å². The number of halogens is 3. The summed E-state index contributed by atoms with van der Waals surface area (Å²) in [6.45, 7) is 7.66. The highest BCUT2D eigenvalue weighted by Crippen LogP contribution is 2.51. The molecule has 0 aromatic carbocycles. The van der Waals surface area contributed by atoms with E-state index in [0.29, 0.717) is 22.7 Å². The molecule has 2 aliphatic rings. The van der Waals surface area contributed by atoms with Crippen LogP contribution in [0.4, 0.5) is 13.2 Å². The predicted octanol–water partition coefficient (Wildman–Crippen LogP) is 4.85. The molecular weight excluding hydrogens is 535 g/mol. The summed E-state index contributed by atoms with van der Waals surface area (Å²) < 4.78 is 47.5. The first kappa shape index (κ1) is 31.4. The zero-order valence-electron chi connectivity index (χ0n) is 22.9. The van der Waals surface area contributed by atoms with Gasteiger partial charge in [-0.05, 0) is 49.2 Å². The van der Waals surface area contributed by atoms with E-state index in [-0.39, 0.29) is 31.3 Å². The normalized spacial score (nSPS) is 34.6. The molecule has 1 aliphatic heterocycles. The minimum atomic E-state index is -4.58. The average molecular weight is 574 g/mol. The molecule has 1 aromatic rings. The van der Waals surface area contributed by atoms with Crippen LogP contribution in [0.25, 0.3) is 6.08 Å². The van der Waals surface area contributed by atoms with Gasteiger partial charge in [-0.15, -0.1) is 11.3 Å². The quantitative estimate of drug-likeness (QED) is 0.350. The van der Waals surface area contributed by atoms with Crippen LogP contribution < -0.4 is 0 Å². The molecule has 3 N–H and O–H groups in total. The van der Waals surface area contributed by atoms with Gasteiger partial charge >= 0.3 is 12.1 Å². The number of carbonyl (C=O) groups is 2. The molecule has 218 valence electrons. The van der Waals surface area contributed by atoms with Crippen LogP contribution in [0.1, 0.15) is 71.0 Å². The molecule has 1 saturated carbocycles. The number of allylic oxidation sites excluding steroid dienone is 1. The second-order valence-corrected chi connectivity index (χ2v) is 12.4. The highest BCUT2D eigenvalue weighted by Gasteiger charge is 2.49. The third-order valence-electron chi connectivity index (χ3n) is 8.23. The highest BCUT2D eigenvalue weighted by atomic mass is 32.1. The van der Waals surface area contributed by atoms with Gasteiger partial charge in [-0.3, -0.25) is 9.59 Å². The van der Waals surface area contributed by atoms with Crippen molar-refractivity contribution < 1.29 is 42.8 Å². The second-order valence-electron chi connectivity index (χ2n) is 11.5. The van der Waals surface area contributed by atoms with E-state index in [0.717, 1.165) is 6.08 Å². The zero-order valence-corrected chi connectivity index (χ0v) is 23.7. The molecule has 7 nitrogen and oxygen atoms in total. The first-order chi connectivity index (χ1) is 18.1. The number of hydrogen-bond donors (Lipinski definition) is 3. The van der Waals surface area contributed by atoms with Crippen molar-refractivity contribution >= 4 is 29.2 Å². The molecule has 7 atom stereocenters. The predicted molar refractivity (Wildman–Crippen MR) is 140 cm³/mol. The van der Waals surface area contributed by atoms with Crippen molar-refractivity contribution in [1.82, 2.24) is 4.98 Å². The summed E-state index contributed by atoms with van der Waals surface area (Å²) in [5.74, 6) is -3.05. The number of cyclic esters (lactones) is 1. The van der Waals surface area contributed by atoms with Gasteiger partial charge in [-0.1, -0.05) is 33.8 Å². The van der Waals surface area contributed by atoms with E-state index in [2.05, 4.69) is 4.98 Å². The van der Waals surface area contributed by atoms with Crippen LogP contribution in [0.3, 0.4) is 0 Å². The van der Waals surface area contributed by atoms with Crippen LogP contribution in [0.15, 0.2) is 22.6 Å². The Kier molecular flexibility index (Phi) is 9.84. The summed E-state index contributed by atoms with van der Waals surface area (Å²) in [5, 5.41) is 33.2. The number of rotatable bonds is 3. The smallest absolute Gasteiger partial charge is 0.412 e. The summed E-state index contributed by atoms with van der Waals surface area (Å²) in [7, 11) is 0. The van der Waals surface area contributed by atoms with Gasteiger partial charge in [0.15, 0.2) is 0 Å².